The summed E-state index contributed by atoms with van der Waals surface area (Å²) in [5, 5.41) is 2.73. The van der Waals surface area contributed by atoms with Crippen LogP contribution in [0.4, 0.5) is 5.82 Å². The second kappa shape index (κ2) is 3.74. The summed E-state index contributed by atoms with van der Waals surface area (Å²) in [7, 11) is 0. The lowest BCUT2D eigenvalue weighted by Crippen LogP contribution is -2.28. The minimum Gasteiger partial charge on any atom is -0.310 e. The van der Waals surface area contributed by atoms with E-state index in [9.17, 15) is 4.79 Å². The number of amides is 1. The number of carbonyl (C=O) groups is 1. The maximum Gasteiger partial charge on any atom is 0.230 e. The predicted molar refractivity (Wildman–Crippen MR) is 54.9 cm³/mol. The molecule has 1 aromatic heterocycles. The van der Waals surface area contributed by atoms with Crippen molar-refractivity contribution in [1.29, 1.82) is 0 Å². The molecule has 1 rings (SSSR count). The van der Waals surface area contributed by atoms with E-state index in [1.165, 1.54) is 6.33 Å². The Hall–Kier alpha value is -1.45. The van der Waals surface area contributed by atoms with E-state index >= 15 is 0 Å². The molecule has 4 nitrogen and oxygen atoms in total. The summed E-state index contributed by atoms with van der Waals surface area (Å²) in [5.41, 5.74) is 0.433. The molecule has 0 aliphatic heterocycles. The number of anilines is 1. The van der Waals surface area contributed by atoms with Gasteiger partial charge < -0.3 is 5.32 Å². The van der Waals surface area contributed by atoms with Crippen LogP contribution in [0.25, 0.3) is 0 Å². The van der Waals surface area contributed by atoms with Crippen molar-refractivity contribution in [3.63, 3.8) is 0 Å². The van der Waals surface area contributed by atoms with Gasteiger partial charge in [0, 0.05) is 17.2 Å². The molecule has 0 fully saturated rings. The number of nitrogens with one attached hydrogen (secondary N) is 1. The van der Waals surface area contributed by atoms with E-state index < -0.39 is 5.41 Å². The van der Waals surface area contributed by atoms with Crippen molar-refractivity contribution in [3.05, 3.63) is 18.1 Å². The maximum atomic E-state index is 11.6. The van der Waals surface area contributed by atoms with Crippen LogP contribution in [-0.4, -0.2) is 15.9 Å². The zero-order valence-electron chi connectivity index (χ0n) is 8.96. The zero-order valence-corrected chi connectivity index (χ0v) is 8.96. The minimum atomic E-state index is -0.404. The van der Waals surface area contributed by atoms with E-state index in [-0.39, 0.29) is 5.91 Å². The second-order valence-electron chi connectivity index (χ2n) is 4.25. The number of hydrogen-bond donors (Lipinski definition) is 1. The summed E-state index contributed by atoms with van der Waals surface area (Å²) in [6.45, 7) is 7.43. The standard InChI is InChI=1S/C10H15N3O/c1-7-5-8(12-6-11-7)13-9(14)10(2,3)4/h5-6H,1-4H3,(H,11,12,13,14). The van der Waals surface area contributed by atoms with E-state index in [0.29, 0.717) is 5.82 Å². The smallest absolute Gasteiger partial charge is 0.230 e. The molecule has 0 saturated heterocycles. The highest BCUT2D eigenvalue weighted by Gasteiger charge is 2.21. The van der Waals surface area contributed by atoms with Gasteiger partial charge in [0.25, 0.3) is 0 Å². The lowest BCUT2D eigenvalue weighted by molar-refractivity contribution is -0.123. The van der Waals surface area contributed by atoms with Crippen LogP contribution in [0, 0.1) is 12.3 Å². The Bertz CT molecular complexity index is 341. The first kappa shape index (κ1) is 10.6. The van der Waals surface area contributed by atoms with E-state index in [4.69, 9.17) is 0 Å². The fraction of sp³-hybridized carbons (Fsp3) is 0.500. The number of hydrogen-bond acceptors (Lipinski definition) is 3. The summed E-state index contributed by atoms with van der Waals surface area (Å²) in [5.74, 6) is 0.507. The van der Waals surface area contributed by atoms with E-state index in [1.54, 1.807) is 6.07 Å². The quantitative estimate of drug-likeness (QED) is 0.739. The third-order valence-corrected chi connectivity index (χ3v) is 1.73. The highest BCUT2D eigenvalue weighted by molar-refractivity contribution is 5.93. The van der Waals surface area contributed by atoms with Crippen LogP contribution in [0.5, 0.6) is 0 Å². The summed E-state index contributed by atoms with van der Waals surface area (Å²) in [6.07, 6.45) is 1.44. The van der Waals surface area contributed by atoms with Crippen molar-refractivity contribution in [3.8, 4) is 0 Å². The lowest BCUT2D eigenvalue weighted by atomic mass is 9.96. The molecular formula is C10H15N3O. The van der Waals surface area contributed by atoms with Gasteiger partial charge in [-0.2, -0.15) is 0 Å². The molecular weight excluding hydrogens is 178 g/mol. The van der Waals surface area contributed by atoms with Crippen LogP contribution in [0.2, 0.25) is 0 Å². The predicted octanol–water partition coefficient (Wildman–Crippen LogP) is 1.77. The molecule has 0 saturated carbocycles. The Kier molecular flexibility index (Phi) is 2.84. The topological polar surface area (TPSA) is 54.9 Å². The van der Waals surface area contributed by atoms with Crippen molar-refractivity contribution < 1.29 is 4.79 Å². The molecule has 76 valence electrons. The summed E-state index contributed by atoms with van der Waals surface area (Å²) < 4.78 is 0. The molecule has 1 heterocycles. The third-order valence-electron chi connectivity index (χ3n) is 1.73. The Balaban J connectivity index is 2.75. The molecule has 1 N–H and O–H groups in total. The van der Waals surface area contributed by atoms with Gasteiger partial charge in [-0.15, -0.1) is 0 Å². The average molecular weight is 193 g/mol. The van der Waals surface area contributed by atoms with Crippen LogP contribution in [0.15, 0.2) is 12.4 Å². The van der Waals surface area contributed by atoms with Crippen molar-refractivity contribution in [2.45, 2.75) is 27.7 Å². The summed E-state index contributed by atoms with van der Waals surface area (Å²) in [6, 6.07) is 1.74. The molecule has 0 atom stereocenters. The van der Waals surface area contributed by atoms with Crippen molar-refractivity contribution in [2.75, 3.05) is 5.32 Å². The average Bonchev–Trinajstić information content (AvgIpc) is 2.02. The highest BCUT2D eigenvalue weighted by atomic mass is 16.2. The maximum absolute atomic E-state index is 11.6. The molecule has 0 bridgehead atoms. The SMILES string of the molecule is Cc1cc(NC(=O)C(C)(C)C)ncn1. The molecule has 14 heavy (non-hydrogen) atoms. The lowest BCUT2D eigenvalue weighted by Gasteiger charge is -2.16. The molecule has 0 aliphatic carbocycles. The second-order valence-corrected chi connectivity index (χ2v) is 4.25. The minimum absolute atomic E-state index is 0.0457. The van der Waals surface area contributed by atoms with Gasteiger partial charge in [0.1, 0.15) is 12.1 Å². The monoisotopic (exact) mass is 193 g/mol. The fourth-order valence-electron chi connectivity index (χ4n) is 0.827. The van der Waals surface area contributed by atoms with Crippen LogP contribution in [0.3, 0.4) is 0 Å². The Morgan fingerprint density at radius 3 is 2.50 bits per heavy atom. The molecule has 0 unspecified atom stereocenters. The van der Waals surface area contributed by atoms with Gasteiger partial charge in [-0.1, -0.05) is 20.8 Å². The third kappa shape index (κ3) is 2.80. The van der Waals surface area contributed by atoms with Crippen molar-refractivity contribution in [2.24, 2.45) is 5.41 Å². The largest absolute Gasteiger partial charge is 0.310 e. The van der Waals surface area contributed by atoms with E-state index in [2.05, 4.69) is 15.3 Å². The van der Waals surface area contributed by atoms with E-state index in [0.717, 1.165) is 5.69 Å². The van der Waals surface area contributed by atoms with Crippen molar-refractivity contribution in [1.82, 2.24) is 9.97 Å². The van der Waals surface area contributed by atoms with Gasteiger partial charge in [-0.05, 0) is 6.92 Å². The van der Waals surface area contributed by atoms with Gasteiger partial charge in [-0.25, -0.2) is 9.97 Å². The summed E-state index contributed by atoms with van der Waals surface area (Å²) in [4.78, 5) is 19.5. The number of carbonyl (C=O) groups excluding carboxylic acids is 1. The summed E-state index contributed by atoms with van der Waals surface area (Å²) >= 11 is 0. The van der Waals surface area contributed by atoms with Gasteiger partial charge in [0.2, 0.25) is 5.91 Å². The highest BCUT2D eigenvalue weighted by Crippen LogP contribution is 2.15. The number of nitrogens with zero attached hydrogens (tertiary/aromatic N) is 2. The number of aryl methyl sites for hydroxylation is 1. The number of rotatable bonds is 1. The van der Waals surface area contributed by atoms with Crippen LogP contribution < -0.4 is 5.32 Å². The zero-order chi connectivity index (χ0) is 10.8. The van der Waals surface area contributed by atoms with Gasteiger partial charge >= 0.3 is 0 Å². The van der Waals surface area contributed by atoms with Gasteiger partial charge in [0.15, 0.2) is 0 Å². The Morgan fingerprint density at radius 2 is 2.00 bits per heavy atom. The van der Waals surface area contributed by atoms with Crippen LogP contribution in [0.1, 0.15) is 26.5 Å². The first-order valence-electron chi connectivity index (χ1n) is 4.50. The Labute approximate surface area is 83.8 Å². The van der Waals surface area contributed by atoms with Crippen molar-refractivity contribution >= 4 is 11.7 Å². The molecule has 0 aliphatic rings. The van der Waals surface area contributed by atoms with Gasteiger partial charge in [-0.3, -0.25) is 4.79 Å². The molecule has 0 spiro atoms. The first-order chi connectivity index (χ1) is 6.39. The first-order valence-corrected chi connectivity index (χ1v) is 4.50. The Morgan fingerprint density at radius 1 is 1.36 bits per heavy atom. The fourth-order valence-corrected chi connectivity index (χ4v) is 0.827. The number of aromatic nitrogens is 2. The molecule has 0 aromatic carbocycles. The molecule has 0 radical (unpaired) electrons. The van der Waals surface area contributed by atoms with Crippen LogP contribution >= 0.6 is 0 Å². The van der Waals surface area contributed by atoms with E-state index in [1.807, 2.05) is 27.7 Å². The molecule has 1 amide bonds. The molecule has 4 heteroatoms. The van der Waals surface area contributed by atoms with Gasteiger partial charge in [0.05, 0.1) is 0 Å². The van der Waals surface area contributed by atoms with Crippen LogP contribution in [-0.2, 0) is 4.79 Å². The molecule has 1 aromatic rings. The normalized spacial score (nSPS) is 11.1.